The van der Waals surface area contributed by atoms with Crippen LogP contribution in [-0.2, 0) is 11.2 Å². The van der Waals surface area contributed by atoms with Crippen molar-refractivity contribution in [3.05, 3.63) is 29.8 Å². The molecule has 4 heteroatoms. The smallest absolute Gasteiger partial charge is 0.224 e. The number of amides is 1. The van der Waals surface area contributed by atoms with Gasteiger partial charge in [0.1, 0.15) is 5.75 Å². The van der Waals surface area contributed by atoms with Crippen LogP contribution in [0.25, 0.3) is 0 Å². The van der Waals surface area contributed by atoms with E-state index in [0.717, 1.165) is 12.8 Å². The van der Waals surface area contributed by atoms with Gasteiger partial charge in [-0.15, -0.1) is 0 Å². The Morgan fingerprint density at radius 2 is 2.11 bits per heavy atom. The summed E-state index contributed by atoms with van der Waals surface area (Å²) >= 11 is 0. The van der Waals surface area contributed by atoms with Gasteiger partial charge in [0.05, 0.1) is 6.42 Å². The molecule has 1 amide bonds. The molecule has 0 bridgehead atoms. The molecule has 0 saturated carbocycles. The molecular weight excluding hydrogens is 228 g/mol. The first-order valence-electron chi connectivity index (χ1n) is 6.28. The Hall–Kier alpha value is -1.55. The first-order valence-corrected chi connectivity index (χ1v) is 6.28. The van der Waals surface area contributed by atoms with Gasteiger partial charge in [-0.2, -0.15) is 0 Å². The molecule has 0 heterocycles. The van der Waals surface area contributed by atoms with E-state index < -0.39 is 0 Å². The molecule has 0 aromatic heterocycles. The van der Waals surface area contributed by atoms with E-state index in [1.807, 2.05) is 13.8 Å². The topological polar surface area (TPSA) is 75.3 Å². The van der Waals surface area contributed by atoms with E-state index in [9.17, 15) is 9.90 Å². The van der Waals surface area contributed by atoms with Gasteiger partial charge in [0.25, 0.3) is 0 Å². The highest BCUT2D eigenvalue weighted by Crippen LogP contribution is 2.18. The van der Waals surface area contributed by atoms with Crippen molar-refractivity contribution in [2.45, 2.75) is 38.6 Å². The van der Waals surface area contributed by atoms with Crippen LogP contribution in [0.3, 0.4) is 0 Å². The standard InChI is InChI=1S/C14H22N2O2/c1-3-14(2,8-9-15)16-13(18)10-11-6-4-5-7-12(11)17/h4-7,17H,3,8-10,15H2,1-2H3,(H,16,18). The van der Waals surface area contributed by atoms with Crippen LogP contribution in [0.15, 0.2) is 24.3 Å². The van der Waals surface area contributed by atoms with Gasteiger partial charge in [-0.3, -0.25) is 4.79 Å². The zero-order chi connectivity index (χ0) is 13.6. The van der Waals surface area contributed by atoms with E-state index in [1.54, 1.807) is 24.3 Å². The van der Waals surface area contributed by atoms with Gasteiger partial charge in [0, 0.05) is 11.1 Å². The Bertz CT molecular complexity index is 407. The van der Waals surface area contributed by atoms with Gasteiger partial charge >= 0.3 is 0 Å². The van der Waals surface area contributed by atoms with Crippen LogP contribution < -0.4 is 11.1 Å². The van der Waals surface area contributed by atoms with Crippen LogP contribution >= 0.6 is 0 Å². The largest absolute Gasteiger partial charge is 0.508 e. The highest BCUT2D eigenvalue weighted by molar-refractivity contribution is 5.80. The molecule has 1 rings (SSSR count). The van der Waals surface area contributed by atoms with Crippen LogP contribution in [-0.4, -0.2) is 23.1 Å². The maximum absolute atomic E-state index is 12.0. The van der Waals surface area contributed by atoms with Gasteiger partial charge in [-0.05, 0) is 32.4 Å². The quantitative estimate of drug-likeness (QED) is 0.717. The number of aromatic hydroxyl groups is 1. The summed E-state index contributed by atoms with van der Waals surface area (Å²) in [6.07, 6.45) is 1.76. The molecule has 1 unspecified atom stereocenters. The Balaban J connectivity index is 2.64. The van der Waals surface area contributed by atoms with Crippen molar-refractivity contribution >= 4 is 5.91 Å². The number of hydrogen-bond donors (Lipinski definition) is 3. The van der Waals surface area contributed by atoms with Crippen molar-refractivity contribution in [2.75, 3.05) is 6.54 Å². The fraction of sp³-hybridized carbons (Fsp3) is 0.500. The van der Waals surface area contributed by atoms with Crippen LogP contribution in [0.1, 0.15) is 32.3 Å². The second kappa shape index (κ2) is 6.40. The van der Waals surface area contributed by atoms with E-state index in [0.29, 0.717) is 12.1 Å². The summed E-state index contributed by atoms with van der Waals surface area (Å²) < 4.78 is 0. The second-order valence-corrected chi connectivity index (χ2v) is 4.81. The molecule has 0 aliphatic carbocycles. The fourth-order valence-electron chi connectivity index (χ4n) is 1.86. The molecule has 0 spiro atoms. The Morgan fingerprint density at radius 3 is 2.67 bits per heavy atom. The zero-order valence-electron chi connectivity index (χ0n) is 11.1. The van der Waals surface area contributed by atoms with Gasteiger partial charge < -0.3 is 16.2 Å². The lowest BCUT2D eigenvalue weighted by Crippen LogP contribution is -2.47. The lowest BCUT2D eigenvalue weighted by atomic mass is 9.94. The maximum atomic E-state index is 12.0. The summed E-state index contributed by atoms with van der Waals surface area (Å²) in [4.78, 5) is 12.0. The van der Waals surface area contributed by atoms with Crippen molar-refractivity contribution in [3.63, 3.8) is 0 Å². The third-order valence-corrected chi connectivity index (χ3v) is 3.26. The first-order chi connectivity index (χ1) is 8.50. The summed E-state index contributed by atoms with van der Waals surface area (Å²) in [6, 6.07) is 6.88. The third kappa shape index (κ3) is 4.04. The van der Waals surface area contributed by atoms with E-state index in [-0.39, 0.29) is 23.6 Å². The van der Waals surface area contributed by atoms with Crippen molar-refractivity contribution in [1.29, 1.82) is 0 Å². The van der Waals surface area contributed by atoms with Crippen LogP contribution in [0.2, 0.25) is 0 Å². The number of rotatable bonds is 6. The Morgan fingerprint density at radius 1 is 1.44 bits per heavy atom. The minimum atomic E-state index is -0.268. The van der Waals surface area contributed by atoms with E-state index >= 15 is 0 Å². The number of carbonyl (C=O) groups excluding carboxylic acids is 1. The number of hydrogen-bond acceptors (Lipinski definition) is 3. The van der Waals surface area contributed by atoms with Gasteiger partial charge in [0.2, 0.25) is 5.91 Å². The lowest BCUT2D eigenvalue weighted by molar-refractivity contribution is -0.122. The molecule has 1 aromatic rings. The van der Waals surface area contributed by atoms with Gasteiger partial charge in [-0.25, -0.2) is 0 Å². The molecule has 4 nitrogen and oxygen atoms in total. The average Bonchev–Trinajstić information content (AvgIpc) is 2.32. The number of para-hydroxylation sites is 1. The molecule has 1 atom stereocenters. The molecule has 0 aliphatic heterocycles. The molecule has 4 N–H and O–H groups in total. The van der Waals surface area contributed by atoms with Gasteiger partial charge in [-0.1, -0.05) is 25.1 Å². The summed E-state index contributed by atoms with van der Waals surface area (Å²) in [7, 11) is 0. The predicted molar refractivity (Wildman–Crippen MR) is 72.3 cm³/mol. The van der Waals surface area contributed by atoms with Crippen molar-refractivity contribution in [2.24, 2.45) is 5.73 Å². The number of phenols is 1. The normalized spacial score (nSPS) is 13.9. The molecular formula is C14H22N2O2. The number of phenolic OH excluding ortho intramolecular Hbond substituents is 1. The van der Waals surface area contributed by atoms with E-state index in [1.165, 1.54) is 0 Å². The number of carbonyl (C=O) groups is 1. The summed E-state index contributed by atoms with van der Waals surface area (Å²) in [5, 5.41) is 12.6. The molecule has 18 heavy (non-hydrogen) atoms. The number of nitrogens with one attached hydrogen (secondary N) is 1. The molecule has 100 valence electrons. The van der Waals surface area contributed by atoms with Crippen LogP contribution in [0.4, 0.5) is 0 Å². The second-order valence-electron chi connectivity index (χ2n) is 4.81. The van der Waals surface area contributed by atoms with E-state index in [2.05, 4.69) is 5.32 Å². The predicted octanol–water partition coefficient (Wildman–Crippen LogP) is 1.57. The summed E-state index contributed by atoms with van der Waals surface area (Å²) in [5.74, 6) is 0.0685. The molecule has 1 aromatic carbocycles. The Labute approximate surface area is 108 Å². The number of benzene rings is 1. The van der Waals surface area contributed by atoms with Gasteiger partial charge in [0.15, 0.2) is 0 Å². The van der Waals surface area contributed by atoms with Crippen LogP contribution in [0, 0.1) is 0 Å². The monoisotopic (exact) mass is 250 g/mol. The fourth-order valence-corrected chi connectivity index (χ4v) is 1.86. The summed E-state index contributed by atoms with van der Waals surface area (Å²) in [5.41, 5.74) is 5.92. The zero-order valence-corrected chi connectivity index (χ0v) is 11.1. The first kappa shape index (κ1) is 14.5. The highest BCUT2D eigenvalue weighted by atomic mass is 16.3. The molecule has 0 radical (unpaired) electrons. The summed E-state index contributed by atoms with van der Waals surface area (Å²) in [6.45, 7) is 4.56. The molecule has 0 aliphatic rings. The van der Waals surface area contributed by atoms with Crippen molar-refractivity contribution in [1.82, 2.24) is 5.32 Å². The SMILES string of the molecule is CCC(C)(CCN)NC(=O)Cc1ccccc1O. The lowest BCUT2D eigenvalue weighted by Gasteiger charge is -2.29. The van der Waals surface area contributed by atoms with Crippen LogP contribution in [0.5, 0.6) is 5.75 Å². The molecule has 0 saturated heterocycles. The minimum absolute atomic E-state index is 0.0886. The highest BCUT2D eigenvalue weighted by Gasteiger charge is 2.23. The minimum Gasteiger partial charge on any atom is -0.508 e. The number of nitrogens with two attached hydrogens (primary N) is 1. The average molecular weight is 250 g/mol. The maximum Gasteiger partial charge on any atom is 0.224 e. The van der Waals surface area contributed by atoms with Crippen molar-refractivity contribution in [3.8, 4) is 5.75 Å². The van der Waals surface area contributed by atoms with Crippen molar-refractivity contribution < 1.29 is 9.90 Å². The van der Waals surface area contributed by atoms with E-state index in [4.69, 9.17) is 5.73 Å². The Kier molecular flexibility index (Phi) is 5.16. The third-order valence-electron chi connectivity index (χ3n) is 3.26. The molecule has 0 fully saturated rings.